The van der Waals surface area contributed by atoms with Gasteiger partial charge in [0.25, 0.3) is 0 Å². The fourth-order valence-electron chi connectivity index (χ4n) is 6.49. The second-order valence-corrected chi connectivity index (χ2v) is 12.9. The van der Waals surface area contributed by atoms with E-state index in [4.69, 9.17) is 9.47 Å². The van der Waals surface area contributed by atoms with Crippen LogP contribution in [0.5, 0.6) is 11.5 Å². The van der Waals surface area contributed by atoms with Gasteiger partial charge in [-0.3, -0.25) is 9.59 Å². The molecular weight excluding hydrogens is 548 g/mol. The molecular formula is C38H56N2O4. The van der Waals surface area contributed by atoms with Crippen molar-refractivity contribution in [3.05, 3.63) is 59.7 Å². The highest BCUT2D eigenvalue weighted by Gasteiger charge is 2.29. The summed E-state index contributed by atoms with van der Waals surface area (Å²) in [6.45, 7) is 11.4. The molecule has 44 heavy (non-hydrogen) atoms. The number of ether oxygens (including phenoxy) is 2. The van der Waals surface area contributed by atoms with Crippen molar-refractivity contribution in [2.45, 2.75) is 90.9 Å². The lowest BCUT2D eigenvalue weighted by Gasteiger charge is -2.32. The minimum Gasteiger partial charge on any atom is -0.494 e. The Balaban J connectivity index is 1.47. The Bertz CT molecular complexity index is 1020. The molecule has 0 radical (unpaired) electrons. The van der Waals surface area contributed by atoms with Crippen LogP contribution in [0.15, 0.2) is 48.5 Å². The van der Waals surface area contributed by atoms with Crippen molar-refractivity contribution >= 4 is 11.6 Å². The number of hydrogen-bond donors (Lipinski definition) is 0. The molecule has 0 aliphatic carbocycles. The molecule has 0 unspecified atom stereocenters. The Labute approximate surface area is 266 Å². The van der Waals surface area contributed by atoms with E-state index in [0.29, 0.717) is 26.1 Å². The summed E-state index contributed by atoms with van der Waals surface area (Å²) in [6, 6.07) is 15.4. The largest absolute Gasteiger partial charge is 0.494 e. The summed E-state index contributed by atoms with van der Waals surface area (Å²) in [4.78, 5) is 32.9. The van der Waals surface area contributed by atoms with Crippen LogP contribution in [0.3, 0.4) is 0 Å². The monoisotopic (exact) mass is 604 g/mol. The summed E-state index contributed by atoms with van der Waals surface area (Å²) in [6.07, 6.45) is 13.0. The van der Waals surface area contributed by atoms with E-state index in [-0.39, 0.29) is 23.4 Å². The lowest BCUT2D eigenvalue weighted by molar-refractivity contribution is 0.0793. The maximum atomic E-state index is 14.0. The Morgan fingerprint density at radius 3 is 1.30 bits per heavy atom. The molecule has 2 aliphatic rings. The number of benzene rings is 2. The first-order chi connectivity index (χ1) is 21.6. The van der Waals surface area contributed by atoms with Crippen molar-refractivity contribution < 1.29 is 19.1 Å². The molecule has 2 heterocycles. The molecule has 2 aromatic carbocycles. The molecule has 0 aromatic heterocycles. The number of ketones is 2. The Morgan fingerprint density at radius 1 is 0.591 bits per heavy atom. The van der Waals surface area contributed by atoms with Crippen LogP contribution in [0.1, 0.15) is 112 Å². The maximum absolute atomic E-state index is 14.0. The Hall–Kier alpha value is -2.70. The molecule has 2 aromatic rings. The second-order valence-electron chi connectivity index (χ2n) is 12.9. The van der Waals surface area contributed by atoms with Gasteiger partial charge in [-0.05, 0) is 126 Å². The summed E-state index contributed by atoms with van der Waals surface area (Å²) < 4.78 is 11.7. The molecule has 4 rings (SSSR count). The van der Waals surface area contributed by atoms with E-state index in [1.54, 1.807) is 0 Å². The molecule has 2 saturated heterocycles. The Morgan fingerprint density at radius 2 is 0.955 bits per heavy atom. The molecule has 2 fully saturated rings. The van der Waals surface area contributed by atoms with Gasteiger partial charge in [0.05, 0.1) is 13.2 Å². The van der Waals surface area contributed by atoms with E-state index >= 15 is 0 Å². The molecule has 2 aliphatic heterocycles. The van der Waals surface area contributed by atoms with Crippen molar-refractivity contribution in [1.29, 1.82) is 0 Å². The number of Topliss-reactive ketones (excluding diaryl/α,β-unsaturated/α-hetero) is 2. The number of carbonyl (C=O) groups is 2. The van der Waals surface area contributed by atoms with Gasteiger partial charge >= 0.3 is 0 Å². The molecule has 0 spiro atoms. The van der Waals surface area contributed by atoms with Gasteiger partial charge in [0, 0.05) is 36.1 Å². The van der Waals surface area contributed by atoms with E-state index in [2.05, 4.69) is 23.6 Å². The normalized spacial score (nSPS) is 17.6. The van der Waals surface area contributed by atoms with Crippen LogP contribution < -0.4 is 9.47 Å². The topological polar surface area (TPSA) is 59.1 Å². The van der Waals surface area contributed by atoms with Crippen LogP contribution in [0, 0.1) is 11.8 Å². The molecule has 0 saturated carbocycles. The van der Waals surface area contributed by atoms with Gasteiger partial charge in [0.15, 0.2) is 11.6 Å². The van der Waals surface area contributed by atoms with Crippen molar-refractivity contribution in [3.63, 3.8) is 0 Å². The van der Waals surface area contributed by atoms with Gasteiger partial charge in [-0.2, -0.15) is 0 Å². The van der Waals surface area contributed by atoms with Gasteiger partial charge in [0.1, 0.15) is 11.5 Å². The van der Waals surface area contributed by atoms with Crippen LogP contribution in [-0.2, 0) is 0 Å². The van der Waals surface area contributed by atoms with Crippen LogP contribution in [0.2, 0.25) is 0 Å². The summed E-state index contributed by atoms with van der Waals surface area (Å²) in [5.74, 6) is 1.74. The third-order valence-corrected chi connectivity index (χ3v) is 9.27. The Kier molecular flexibility index (Phi) is 14.7. The zero-order valence-electron chi connectivity index (χ0n) is 27.4. The lowest BCUT2D eigenvalue weighted by atomic mass is 9.85. The molecule has 0 N–H and O–H groups in total. The quantitative estimate of drug-likeness (QED) is 0.119. The minimum atomic E-state index is -0.133. The van der Waals surface area contributed by atoms with Crippen molar-refractivity contribution in [2.24, 2.45) is 11.8 Å². The molecule has 6 heteroatoms. The molecule has 6 nitrogen and oxygen atoms in total. The van der Waals surface area contributed by atoms with E-state index < -0.39 is 0 Å². The van der Waals surface area contributed by atoms with Gasteiger partial charge in [-0.1, -0.05) is 39.5 Å². The summed E-state index contributed by atoms with van der Waals surface area (Å²) in [7, 11) is 0. The zero-order valence-corrected chi connectivity index (χ0v) is 27.4. The number of hydrogen-bond acceptors (Lipinski definition) is 6. The average Bonchev–Trinajstić information content (AvgIpc) is 3.07. The summed E-state index contributed by atoms with van der Waals surface area (Å²) in [5, 5.41) is 0. The van der Waals surface area contributed by atoms with E-state index in [0.717, 1.165) is 87.6 Å². The number of rotatable bonds is 19. The number of nitrogens with zero attached hydrogens (tertiary/aromatic N) is 2. The second kappa shape index (κ2) is 19.0. The fraction of sp³-hybridized carbons (Fsp3) is 0.632. The summed E-state index contributed by atoms with van der Waals surface area (Å²) in [5.41, 5.74) is 1.49. The highest BCUT2D eigenvalue weighted by Crippen LogP contribution is 2.26. The maximum Gasteiger partial charge on any atom is 0.167 e. The lowest BCUT2D eigenvalue weighted by Crippen LogP contribution is -2.39. The number of unbranched alkanes of at least 4 members (excludes halogenated alkanes) is 2. The standard InChI is InChI=1S/C38H56N2O4/c1-3-5-27-43-35-19-15-31(16-20-35)37(41)33(29-39-23-9-7-10-24-39)13-14-34(30-40-25-11-8-12-26-40)38(42)32-17-21-36(22-18-32)44-28-6-4-2/h15-22,33-34H,3-14,23-30H2,1-2H3/t33-,34+. The number of carbonyl (C=O) groups excluding carboxylic acids is 2. The first-order valence-corrected chi connectivity index (χ1v) is 17.6. The van der Waals surface area contributed by atoms with Crippen molar-refractivity contribution in [1.82, 2.24) is 9.80 Å². The van der Waals surface area contributed by atoms with Crippen LogP contribution in [0.4, 0.5) is 0 Å². The number of piperidine rings is 2. The summed E-state index contributed by atoms with van der Waals surface area (Å²) >= 11 is 0. The first kappa shape index (κ1) is 34.2. The number of likely N-dealkylation sites (tertiary alicyclic amines) is 2. The van der Waals surface area contributed by atoms with Gasteiger partial charge < -0.3 is 19.3 Å². The molecule has 0 bridgehead atoms. The molecule has 242 valence electrons. The first-order valence-electron chi connectivity index (χ1n) is 17.6. The minimum absolute atomic E-state index is 0.133. The van der Waals surface area contributed by atoms with Gasteiger partial charge in [0.2, 0.25) is 0 Å². The van der Waals surface area contributed by atoms with E-state index in [9.17, 15) is 9.59 Å². The van der Waals surface area contributed by atoms with Crippen LogP contribution in [-0.4, -0.2) is 73.8 Å². The van der Waals surface area contributed by atoms with E-state index in [1.165, 1.54) is 38.5 Å². The van der Waals surface area contributed by atoms with Crippen molar-refractivity contribution in [3.8, 4) is 11.5 Å². The van der Waals surface area contributed by atoms with Gasteiger partial charge in [-0.15, -0.1) is 0 Å². The zero-order chi connectivity index (χ0) is 31.0. The predicted octanol–water partition coefficient (Wildman–Crippen LogP) is 8.09. The third-order valence-electron chi connectivity index (χ3n) is 9.27. The van der Waals surface area contributed by atoms with E-state index in [1.807, 2.05) is 48.5 Å². The predicted molar refractivity (Wildman–Crippen MR) is 179 cm³/mol. The van der Waals surface area contributed by atoms with Gasteiger partial charge in [-0.25, -0.2) is 0 Å². The van der Waals surface area contributed by atoms with Crippen LogP contribution in [0.25, 0.3) is 0 Å². The molecule has 0 amide bonds. The third kappa shape index (κ3) is 11.0. The molecule has 2 atom stereocenters. The smallest absolute Gasteiger partial charge is 0.167 e. The van der Waals surface area contributed by atoms with Crippen LogP contribution >= 0.6 is 0 Å². The SMILES string of the molecule is CCCCOc1ccc(C(=O)[C@H](CC[C@@H](CN2CCCCC2)C(=O)c2ccc(OCCCC)cc2)CN2CCCCC2)cc1. The van der Waals surface area contributed by atoms with Crippen molar-refractivity contribution in [2.75, 3.05) is 52.5 Å². The average molecular weight is 605 g/mol. The fourth-order valence-corrected chi connectivity index (χ4v) is 6.49. The highest BCUT2D eigenvalue weighted by atomic mass is 16.5. The highest BCUT2D eigenvalue weighted by molar-refractivity contribution is 5.99.